The van der Waals surface area contributed by atoms with Crippen LogP contribution in [-0.2, 0) is 26.0 Å². The molecule has 11 heteroatoms. The molecule has 0 radical (unpaired) electrons. The number of piperidine rings is 1. The number of carbonyl (C=O) groups is 3. The van der Waals surface area contributed by atoms with Crippen molar-refractivity contribution >= 4 is 40.0 Å². The van der Waals surface area contributed by atoms with Crippen LogP contribution >= 0.6 is 12.4 Å². The Hall–Kier alpha value is -2.79. The van der Waals surface area contributed by atoms with Crippen LogP contribution < -0.4 is 5.32 Å². The number of imide groups is 1. The maximum absolute atomic E-state index is 14.3. The average Bonchev–Trinajstić information content (AvgIpc) is 3.77. The highest BCUT2D eigenvalue weighted by Gasteiger charge is 2.58. The predicted molar refractivity (Wildman–Crippen MR) is 175 cm³/mol. The van der Waals surface area contributed by atoms with Gasteiger partial charge in [0, 0.05) is 56.7 Å². The number of sulfone groups is 1. The molecule has 45 heavy (non-hydrogen) atoms. The zero-order valence-electron chi connectivity index (χ0n) is 26.2. The van der Waals surface area contributed by atoms with Crippen molar-refractivity contribution in [2.45, 2.75) is 74.4 Å². The van der Waals surface area contributed by atoms with E-state index in [1.165, 1.54) is 22.6 Å². The molecule has 244 valence electrons. The van der Waals surface area contributed by atoms with E-state index in [1.54, 1.807) is 17.0 Å². The molecule has 2 aromatic carbocycles. The first-order chi connectivity index (χ1) is 21.1. The van der Waals surface area contributed by atoms with Crippen LogP contribution in [0.2, 0.25) is 0 Å². The number of carbonyl (C=O) groups excluding carboxylic acids is 3. The lowest BCUT2D eigenvalue weighted by Crippen LogP contribution is -2.60. The fourth-order valence-electron chi connectivity index (χ4n) is 8.25. The highest BCUT2D eigenvalue weighted by molar-refractivity contribution is 7.90. The Labute approximate surface area is 273 Å². The molecule has 3 aliphatic heterocycles. The van der Waals surface area contributed by atoms with Gasteiger partial charge in [-0.05, 0) is 55.9 Å². The highest BCUT2D eigenvalue weighted by Crippen LogP contribution is 2.42. The number of urea groups is 1. The number of benzene rings is 2. The number of nitrogens with one attached hydrogen (secondary N) is 1. The van der Waals surface area contributed by atoms with Crippen molar-refractivity contribution in [1.29, 1.82) is 0 Å². The molecule has 4 aliphatic rings. The quantitative estimate of drug-likeness (QED) is 0.402. The molecule has 3 saturated heterocycles. The van der Waals surface area contributed by atoms with E-state index in [0.29, 0.717) is 43.8 Å². The van der Waals surface area contributed by atoms with Gasteiger partial charge in [0.25, 0.3) is 5.91 Å². The molecular formula is C34H45ClN4O5S. The maximum atomic E-state index is 14.3. The monoisotopic (exact) mass is 656 g/mol. The molecule has 1 saturated carbocycles. The molecule has 9 nitrogen and oxygen atoms in total. The Morgan fingerprint density at radius 3 is 2.22 bits per heavy atom. The predicted octanol–water partition coefficient (Wildman–Crippen LogP) is 4.26. The average molecular weight is 657 g/mol. The summed E-state index contributed by atoms with van der Waals surface area (Å²) in [5.41, 5.74) is 1.03. The van der Waals surface area contributed by atoms with E-state index in [9.17, 15) is 22.8 Å². The summed E-state index contributed by atoms with van der Waals surface area (Å²) in [6.45, 7) is 5.21. The van der Waals surface area contributed by atoms with Gasteiger partial charge in [-0.25, -0.2) is 13.2 Å². The van der Waals surface area contributed by atoms with Crippen LogP contribution in [0.15, 0.2) is 59.5 Å². The van der Waals surface area contributed by atoms with Crippen LogP contribution in [0.5, 0.6) is 0 Å². The third-order valence-corrected chi connectivity index (χ3v) is 11.7. The van der Waals surface area contributed by atoms with Gasteiger partial charge in [0.05, 0.1) is 17.5 Å². The van der Waals surface area contributed by atoms with Gasteiger partial charge in [-0.15, -0.1) is 12.4 Å². The summed E-state index contributed by atoms with van der Waals surface area (Å²) in [6.07, 6.45) is 6.25. The van der Waals surface area contributed by atoms with Crippen LogP contribution in [0, 0.1) is 11.8 Å². The summed E-state index contributed by atoms with van der Waals surface area (Å²) in [7, 11) is -3.34. The Morgan fingerprint density at radius 2 is 1.62 bits per heavy atom. The van der Waals surface area contributed by atoms with Gasteiger partial charge in [-0.1, -0.05) is 55.3 Å². The number of hydrogen-bond acceptors (Lipinski definition) is 7. The summed E-state index contributed by atoms with van der Waals surface area (Å²) >= 11 is 0. The van der Waals surface area contributed by atoms with Crippen molar-refractivity contribution in [3.63, 3.8) is 0 Å². The minimum atomic E-state index is -3.34. The first-order valence-corrected chi connectivity index (χ1v) is 18.0. The zero-order valence-corrected chi connectivity index (χ0v) is 27.8. The lowest BCUT2D eigenvalue weighted by Gasteiger charge is -2.46. The largest absolute Gasteiger partial charge is 0.327 e. The lowest BCUT2D eigenvalue weighted by atomic mass is 9.77. The van der Waals surface area contributed by atoms with Gasteiger partial charge >= 0.3 is 6.03 Å². The van der Waals surface area contributed by atoms with E-state index in [0.717, 1.165) is 45.0 Å². The molecule has 0 aromatic heterocycles. The summed E-state index contributed by atoms with van der Waals surface area (Å²) < 4.78 is 23.8. The van der Waals surface area contributed by atoms with Crippen molar-refractivity contribution in [3.05, 3.63) is 65.7 Å². The number of rotatable bonds is 9. The van der Waals surface area contributed by atoms with Crippen molar-refractivity contribution in [2.24, 2.45) is 11.8 Å². The molecule has 6 rings (SSSR count). The van der Waals surface area contributed by atoms with Crippen molar-refractivity contribution in [2.75, 3.05) is 39.0 Å². The molecule has 3 atom stereocenters. The first-order valence-electron chi connectivity index (χ1n) is 16.1. The first kappa shape index (κ1) is 33.6. The Morgan fingerprint density at radius 1 is 0.978 bits per heavy atom. The fraction of sp³-hybridized carbons (Fsp3) is 0.559. The van der Waals surface area contributed by atoms with Crippen molar-refractivity contribution in [1.82, 2.24) is 20.0 Å². The number of nitrogens with zero attached hydrogens (tertiary/aromatic N) is 3. The highest BCUT2D eigenvalue weighted by atomic mass is 35.5. The van der Waals surface area contributed by atoms with Crippen LogP contribution in [0.25, 0.3) is 0 Å². The van der Waals surface area contributed by atoms with E-state index in [4.69, 9.17) is 0 Å². The Kier molecular flexibility index (Phi) is 10.1. The van der Waals surface area contributed by atoms with E-state index >= 15 is 0 Å². The number of amides is 3. The van der Waals surface area contributed by atoms with Gasteiger partial charge in [-0.2, -0.15) is 0 Å². The molecule has 4 fully saturated rings. The van der Waals surface area contributed by atoms with Crippen LogP contribution in [0.1, 0.15) is 62.5 Å². The smallest absolute Gasteiger partial charge is 0.316 e. The fourth-order valence-corrected chi connectivity index (χ4v) is 8.88. The van der Waals surface area contributed by atoms with Crippen LogP contribution in [0.4, 0.5) is 4.79 Å². The van der Waals surface area contributed by atoms with Gasteiger partial charge < -0.3 is 10.2 Å². The Balaban J connectivity index is 0.00000400. The molecule has 2 aromatic rings. The number of likely N-dealkylation sites (tertiary alicyclic amines) is 1. The molecule has 3 heterocycles. The van der Waals surface area contributed by atoms with E-state index < -0.39 is 15.4 Å². The third kappa shape index (κ3) is 6.31. The third-order valence-electron chi connectivity index (χ3n) is 10.6. The summed E-state index contributed by atoms with van der Waals surface area (Å²) in [4.78, 5) is 47.5. The second-order valence-corrected chi connectivity index (χ2v) is 15.1. The normalized spacial score (nSPS) is 24.8. The molecule has 1 N–H and O–H groups in total. The Bertz CT molecular complexity index is 1490. The van der Waals surface area contributed by atoms with E-state index in [1.807, 2.05) is 13.0 Å². The van der Waals surface area contributed by atoms with Crippen LogP contribution in [0.3, 0.4) is 0 Å². The van der Waals surface area contributed by atoms with Gasteiger partial charge in [0.1, 0.15) is 5.54 Å². The molecule has 1 spiro atoms. The minimum absolute atomic E-state index is 0. The number of hydrogen-bond donors (Lipinski definition) is 1. The zero-order chi connectivity index (χ0) is 31.1. The minimum Gasteiger partial charge on any atom is -0.316 e. The second kappa shape index (κ2) is 13.5. The van der Waals surface area contributed by atoms with Crippen LogP contribution in [-0.4, -0.2) is 91.4 Å². The standard InChI is InChI=1S/C34H44N4O5S.ClH/c1-3-38-33(41)37(23-24-13-15-27(16-14-24)44(2,42)43)32(40)34(38)17-19-36(20-18-34)30(31(39)26-11-7-8-12-26)29-22-35-21-28(29)25-9-5-4-6-10-25;/h4-6,9-10,13-16,26,28-30,35H,3,7-8,11-12,17-23H2,1-2H3;1H/t28-,29-,30?;/m1./s1. The van der Waals surface area contributed by atoms with Gasteiger partial charge in [-0.3, -0.25) is 19.4 Å². The lowest BCUT2D eigenvalue weighted by molar-refractivity contribution is -0.138. The molecule has 0 bridgehead atoms. The summed E-state index contributed by atoms with van der Waals surface area (Å²) in [6, 6.07) is 16.3. The van der Waals surface area contributed by atoms with Crippen molar-refractivity contribution in [3.8, 4) is 0 Å². The van der Waals surface area contributed by atoms with Crippen molar-refractivity contribution < 1.29 is 22.8 Å². The SMILES string of the molecule is CCN1C(=O)N(Cc2ccc(S(C)(=O)=O)cc2)C(=O)C12CCN(C(C(=O)C1CCCC1)[C@@H]1CNC[C@@H]1c1ccccc1)CC2.Cl. The second-order valence-electron chi connectivity index (χ2n) is 13.1. The maximum Gasteiger partial charge on any atom is 0.327 e. The summed E-state index contributed by atoms with van der Waals surface area (Å²) in [5, 5.41) is 3.58. The van der Waals surface area contributed by atoms with E-state index in [-0.39, 0.29) is 59.6 Å². The number of Topliss-reactive ketones (excluding diaryl/α,β-unsaturated/α-hetero) is 1. The topological polar surface area (TPSA) is 107 Å². The molecule has 1 unspecified atom stereocenters. The van der Waals surface area contributed by atoms with Gasteiger partial charge in [0.2, 0.25) is 0 Å². The van der Waals surface area contributed by atoms with Gasteiger partial charge in [0.15, 0.2) is 15.6 Å². The number of ketones is 1. The number of likely N-dealkylation sites (N-methyl/N-ethyl adjacent to an activating group) is 1. The molecule has 1 aliphatic carbocycles. The summed E-state index contributed by atoms with van der Waals surface area (Å²) in [5.74, 6) is 0.648. The number of halogens is 1. The molecule has 3 amide bonds. The van der Waals surface area contributed by atoms with E-state index in [2.05, 4.69) is 34.5 Å². The molecular weight excluding hydrogens is 612 g/mol.